The summed E-state index contributed by atoms with van der Waals surface area (Å²) in [5.41, 5.74) is 6.96. The first-order valence-electron chi connectivity index (χ1n) is 9.80. The second-order valence-electron chi connectivity index (χ2n) is 7.60. The molecule has 2 heterocycles. The number of para-hydroxylation sites is 1. The number of hydrogen-bond donors (Lipinski definition) is 7. The summed E-state index contributed by atoms with van der Waals surface area (Å²) < 4.78 is 0. The van der Waals surface area contributed by atoms with Gasteiger partial charge in [0.25, 0.3) is 0 Å². The maximum Gasteiger partial charge on any atom is 0.243 e. The van der Waals surface area contributed by atoms with Crippen molar-refractivity contribution >= 4 is 28.6 Å². The molecule has 1 aliphatic heterocycles. The number of nitrogens with one attached hydrogen (secondary N) is 4. The van der Waals surface area contributed by atoms with Gasteiger partial charge in [0.1, 0.15) is 12.1 Å². The molecule has 1 saturated heterocycles. The van der Waals surface area contributed by atoms with Crippen LogP contribution in [-0.4, -0.2) is 69.8 Å². The summed E-state index contributed by atoms with van der Waals surface area (Å²) in [6.45, 7) is 1.63. The van der Waals surface area contributed by atoms with Gasteiger partial charge in [-0.05, 0) is 25.0 Å². The second-order valence-corrected chi connectivity index (χ2v) is 7.60. The van der Waals surface area contributed by atoms with E-state index in [2.05, 4.69) is 20.9 Å². The predicted molar refractivity (Wildman–Crippen MR) is 109 cm³/mol. The van der Waals surface area contributed by atoms with Crippen LogP contribution in [0.3, 0.4) is 0 Å². The maximum atomic E-state index is 12.9. The zero-order chi connectivity index (χ0) is 21.8. The zero-order valence-corrected chi connectivity index (χ0v) is 16.6. The van der Waals surface area contributed by atoms with Crippen LogP contribution < -0.4 is 21.7 Å². The summed E-state index contributed by atoms with van der Waals surface area (Å²) >= 11 is 0. The van der Waals surface area contributed by atoms with E-state index in [4.69, 9.17) is 5.73 Å². The molecule has 0 saturated carbocycles. The van der Waals surface area contributed by atoms with Crippen LogP contribution >= 0.6 is 0 Å². The number of amides is 3. The summed E-state index contributed by atoms with van der Waals surface area (Å²) in [6.07, 6.45) is 0.334. The number of aromatic amines is 1. The third-order valence-corrected chi connectivity index (χ3v) is 5.24. The van der Waals surface area contributed by atoms with E-state index in [0.717, 1.165) is 16.5 Å². The number of aromatic nitrogens is 1. The van der Waals surface area contributed by atoms with Crippen molar-refractivity contribution in [3.8, 4) is 0 Å². The van der Waals surface area contributed by atoms with Crippen LogP contribution in [0.5, 0.6) is 0 Å². The Bertz CT molecular complexity index is 927. The van der Waals surface area contributed by atoms with Crippen molar-refractivity contribution in [2.75, 3.05) is 6.54 Å². The number of β-amino-alcohol motifs (C(OH)–C–C–N with tert-alkyl or cyclic N) is 1. The minimum atomic E-state index is -1.29. The molecule has 5 atom stereocenters. The summed E-state index contributed by atoms with van der Waals surface area (Å²) in [5, 5.41) is 28.3. The van der Waals surface area contributed by atoms with Gasteiger partial charge < -0.3 is 36.9 Å². The van der Waals surface area contributed by atoms with Crippen molar-refractivity contribution in [1.82, 2.24) is 20.9 Å². The minimum Gasteiger partial charge on any atom is -0.392 e. The molecule has 1 fully saturated rings. The van der Waals surface area contributed by atoms with Crippen molar-refractivity contribution in [3.05, 3.63) is 36.0 Å². The maximum absolute atomic E-state index is 12.9. The Morgan fingerprint density at radius 3 is 2.63 bits per heavy atom. The smallest absolute Gasteiger partial charge is 0.243 e. The van der Waals surface area contributed by atoms with Gasteiger partial charge in [0.15, 0.2) is 0 Å². The number of benzene rings is 1. The van der Waals surface area contributed by atoms with E-state index in [1.165, 1.54) is 6.92 Å². The van der Waals surface area contributed by atoms with Crippen LogP contribution in [0.4, 0.5) is 0 Å². The van der Waals surface area contributed by atoms with Crippen molar-refractivity contribution < 1.29 is 24.6 Å². The van der Waals surface area contributed by atoms with Gasteiger partial charge in [0.2, 0.25) is 17.7 Å². The molecule has 30 heavy (non-hydrogen) atoms. The molecule has 2 aromatic rings. The van der Waals surface area contributed by atoms with E-state index in [-0.39, 0.29) is 12.8 Å². The molecule has 0 unspecified atom stereocenters. The number of primary amides is 1. The van der Waals surface area contributed by atoms with E-state index >= 15 is 0 Å². The van der Waals surface area contributed by atoms with Crippen LogP contribution in [0.25, 0.3) is 10.9 Å². The number of fused-ring (bicyclic) bond motifs is 1. The Morgan fingerprint density at radius 2 is 2.00 bits per heavy atom. The van der Waals surface area contributed by atoms with Crippen molar-refractivity contribution in [1.29, 1.82) is 0 Å². The van der Waals surface area contributed by atoms with Gasteiger partial charge in [0, 0.05) is 30.1 Å². The molecule has 0 spiro atoms. The summed E-state index contributed by atoms with van der Waals surface area (Å²) in [7, 11) is 0. The third kappa shape index (κ3) is 4.96. The Labute approximate surface area is 173 Å². The first-order valence-corrected chi connectivity index (χ1v) is 9.80. The molecule has 162 valence electrons. The SMILES string of the molecule is C[C@@H](O)[C@H](NC(=O)[C@H](Cc1c[nH]c2ccccc12)NC(=O)[C@@H]1C[C@@H](O)CN1)C(N)=O. The fourth-order valence-electron chi connectivity index (χ4n) is 3.60. The first kappa shape index (κ1) is 21.8. The van der Waals surface area contributed by atoms with E-state index in [0.29, 0.717) is 6.54 Å². The molecule has 10 nitrogen and oxygen atoms in total. The molecule has 8 N–H and O–H groups in total. The molecule has 1 aromatic carbocycles. The Balaban J connectivity index is 1.81. The van der Waals surface area contributed by atoms with Crippen molar-refractivity contribution in [2.24, 2.45) is 5.73 Å². The number of rotatable bonds is 8. The zero-order valence-electron chi connectivity index (χ0n) is 16.6. The standard InChI is InChI=1S/C20H27N5O5/c1-10(26)17(18(21)28)25-20(30)16(24-19(29)15-7-12(27)9-23-15)6-11-8-22-14-5-3-2-4-13(11)14/h2-5,8,10,12,15-17,22-23,26-27H,6-7,9H2,1H3,(H2,21,28)(H,24,29)(H,25,30)/t10-,12-,15+,16+,17+/m1/s1. The molecule has 3 rings (SSSR count). The van der Waals surface area contributed by atoms with Crippen LogP contribution in [0.15, 0.2) is 30.5 Å². The summed E-state index contributed by atoms with van der Waals surface area (Å²) in [4.78, 5) is 40.2. The van der Waals surface area contributed by atoms with Crippen LogP contribution in [-0.2, 0) is 20.8 Å². The van der Waals surface area contributed by atoms with Crippen LogP contribution in [0, 0.1) is 0 Å². The molecule has 0 radical (unpaired) electrons. The van der Waals surface area contributed by atoms with Gasteiger partial charge >= 0.3 is 0 Å². The Morgan fingerprint density at radius 1 is 1.27 bits per heavy atom. The molecular formula is C20H27N5O5. The van der Waals surface area contributed by atoms with Crippen molar-refractivity contribution in [2.45, 2.75) is 50.1 Å². The van der Waals surface area contributed by atoms with Gasteiger partial charge in [0.05, 0.1) is 18.2 Å². The number of carbonyl (C=O) groups is 3. The third-order valence-electron chi connectivity index (χ3n) is 5.24. The quantitative estimate of drug-likeness (QED) is 0.269. The number of nitrogens with two attached hydrogens (primary N) is 1. The van der Waals surface area contributed by atoms with Crippen LogP contribution in [0.2, 0.25) is 0 Å². The normalized spacial score (nSPS) is 21.7. The van der Waals surface area contributed by atoms with Gasteiger partial charge in [-0.2, -0.15) is 0 Å². The van der Waals surface area contributed by atoms with E-state index in [9.17, 15) is 24.6 Å². The minimum absolute atomic E-state index is 0.155. The molecule has 10 heteroatoms. The predicted octanol–water partition coefficient (Wildman–Crippen LogP) is -1.73. The lowest BCUT2D eigenvalue weighted by Crippen LogP contribution is -2.58. The monoisotopic (exact) mass is 417 g/mol. The average Bonchev–Trinajstić information content (AvgIpc) is 3.31. The molecule has 3 amide bonds. The van der Waals surface area contributed by atoms with Gasteiger partial charge in [-0.25, -0.2) is 0 Å². The lowest BCUT2D eigenvalue weighted by atomic mass is 10.0. The largest absolute Gasteiger partial charge is 0.392 e. The lowest BCUT2D eigenvalue weighted by Gasteiger charge is -2.24. The summed E-state index contributed by atoms with van der Waals surface area (Å²) in [6, 6.07) is 4.62. The number of aliphatic hydroxyl groups excluding tert-OH is 2. The van der Waals surface area contributed by atoms with Gasteiger partial charge in [-0.3, -0.25) is 14.4 Å². The fraction of sp³-hybridized carbons (Fsp3) is 0.450. The Hall–Kier alpha value is -2.95. The van der Waals surface area contributed by atoms with Crippen LogP contribution in [0.1, 0.15) is 18.9 Å². The highest BCUT2D eigenvalue weighted by Crippen LogP contribution is 2.19. The molecule has 1 aromatic heterocycles. The van der Waals surface area contributed by atoms with E-state index < -0.39 is 48.1 Å². The fourth-order valence-corrected chi connectivity index (χ4v) is 3.60. The number of aliphatic hydroxyl groups is 2. The van der Waals surface area contributed by atoms with Crippen molar-refractivity contribution in [3.63, 3.8) is 0 Å². The number of hydrogen-bond acceptors (Lipinski definition) is 6. The Kier molecular flexibility index (Phi) is 6.70. The highest BCUT2D eigenvalue weighted by Gasteiger charge is 2.33. The summed E-state index contributed by atoms with van der Waals surface area (Å²) in [5.74, 6) is -1.95. The second kappa shape index (κ2) is 9.24. The lowest BCUT2D eigenvalue weighted by molar-refractivity contribution is -0.133. The number of H-pyrrole nitrogens is 1. The van der Waals surface area contributed by atoms with E-state index in [1.807, 2.05) is 24.3 Å². The first-order chi connectivity index (χ1) is 14.3. The molecule has 0 bridgehead atoms. The number of carbonyl (C=O) groups excluding carboxylic acids is 3. The molecule has 0 aliphatic carbocycles. The highest BCUT2D eigenvalue weighted by atomic mass is 16.3. The molecular weight excluding hydrogens is 390 g/mol. The van der Waals surface area contributed by atoms with E-state index in [1.54, 1.807) is 6.20 Å². The topological polar surface area (TPSA) is 170 Å². The van der Waals surface area contributed by atoms with Gasteiger partial charge in [-0.1, -0.05) is 18.2 Å². The van der Waals surface area contributed by atoms with Gasteiger partial charge in [-0.15, -0.1) is 0 Å². The highest BCUT2D eigenvalue weighted by molar-refractivity contribution is 5.94. The average molecular weight is 417 g/mol. The molecule has 1 aliphatic rings.